The third-order valence-corrected chi connectivity index (χ3v) is 2.68. The lowest BCUT2D eigenvalue weighted by Gasteiger charge is -2.14. The largest absolute Gasteiger partial charge is 0.495 e. The van der Waals surface area contributed by atoms with E-state index in [1.807, 2.05) is 6.92 Å². The molecule has 1 aromatic carbocycles. The van der Waals surface area contributed by atoms with Crippen molar-refractivity contribution < 1.29 is 14.2 Å². The number of nitrogens with two attached hydrogens (primary N) is 1. The van der Waals surface area contributed by atoms with E-state index in [1.165, 1.54) is 0 Å². The van der Waals surface area contributed by atoms with Crippen LogP contribution in [-0.2, 0) is 6.42 Å². The highest BCUT2D eigenvalue weighted by Crippen LogP contribution is 2.45. The van der Waals surface area contributed by atoms with Gasteiger partial charge in [0, 0.05) is 17.7 Å². The van der Waals surface area contributed by atoms with E-state index in [4.69, 9.17) is 31.5 Å². The van der Waals surface area contributed by atoms with Gasteiger partial charge in [0.1, 0.15) is 5.75 Å². The Labute approximate surface area is 99.2 Å². The van der Waals surface area contributed by atoms with Crippen LogP contribution in [0.15, 0.2) is 6.07 Å². The van der Waals surface area contributed by atoms with Crippen molar-refractivity contribution in [2.75, 3.05) is 13.9 Å². The highest BCUT2D eigenvalue weighted by atomic mass is 35.5. The summed E-state index contributed by atoms with van der Waals surface area (Å²) in [6, 6.07) is 1.70. The topological polar surface area (TPSA) is 53.7 Å². The highest BCUT2D eigenvalue weighted by Gasteiger charge is 2.24. The van der Waals surface area contributed by atoms with Gasteiger partial charge in [0.15, 0.2) is 11.5 Å². The molecule has 2 rings (SSSR count). The highest BCUT2D eigenvalue weighted by molar-refractivity contribution is 6.32. The molecular weight excluding hydrogens is 230 g/mol. The number of hydrogen-bond donors (Lipinski definition) is 1. The zero-order valence-corrected chi connectivity index (χ0v) is 10.0. The predicted molar refractivity (Wildman–Crippen MR) is 61.5 cm³/mol. The minimum absolute atomic E-state index is 0.000617. The number of hydrogen-bond acceptors (Lipinski definition) is 4. The third kappa shape index (κ3) is 1.90. The van der Waals surface area contributed by atoms with E-state index in [2.05, 4.69) is 0 Å². The molecule has 4 nitrogen and oxygen atoms in total. The second-order valence-corrected chi connectivity index (χ2v) is 4.19. The van der Waals surface area contributed by atoms with Crippen LogP contribution in [0.2, 0.25) is 5.02 Å². The van der Waals surface area contributed by atoms with Crippen LogP contribution < -0.4 is 19.9 Å². The summed E-state index contributed by atoms with van der Waals surface area (Å²) in [7, 11) is 1.58. The molecule has 0 aromatic heterocycles. The van der Waals surface area contributed by atoms with E-state index >= 15 is 0 Å². The first-order chi connectivity index (χ1) is 7.63. The summed E-state index contributed by atoms with van der Waals surface area (Å²) in [5, 5.41) is 0.516. The van der Waals surface area contributed by atoms with Crippen molar-refractivity contribution >= 4 is 11.6 Å². The quantitative estimate of drug-likeness (QED) is 0.882. The van der Waals surface area contributed by atoms with Crippen LogP contribution >= 0.6 is 11.6 Å². The van der Waals surface area contributed by atoms with Gasteiger partial charge < -0.3 is 19.9 Å². The van der Waals surface area contributed by atoms with E-state index in [0.717, 1.165) is 5.56 Å². The van der Waals surface area contributed by atoms with Crippen LogP contribution in [0.3, 0.4) is 0 Å². The smallest absolute Gasteiger partial charge is 0.231 e. The average Bonchev–Trinajstić information content (AvgIpc) is 2.64. The van der Waals surface area contributed by atoms with Gasteiger partial charge in [-0.2, -0.15) is 0 Å². The van der Waals surface area contributed by atoms with Gasteiger partial charge in [-0.05, 0) is 13.3 Å². The Hall–Kier alpha value is -1.13. The maximum Gasteiger partial charge on any atom is 0.231 e. The van der Waals surface area contributed by atoms with Crippen molar-refractivity contribution in [1.29, 1.82) is 0 Å². The van der Waals surface area contributed by atoms with Crippen molar-refractivity contribution in [1.82, 2.24) is 0 Å². The number of fused-ring (bicyclic) bond motifs is 1. The summed E-state index contributed by atoms with van der Waals surface area (Å²) in [6.45, 7) is 2.13. The lowest BCUT2D eigenvalue weighted by Crippen LogP contribution is -2.18. The van der Waals surface area contributed by atoms with Gasteiger partial charge in [0.25, 0.3) is 0 Å². The van der Waals surface area contributed by atoms with E-state index in [-0.39, 0.29) is 12.8 Å². The van der Waals surface area contributed by atoms with Gasteiger partial charge in [0.2, 0.25) is 6.79 Å². The fraction of sp³-hybridized carbons (Fsp3) is 0.455. The van der Waals surface area contributed by atoms with Gasteiger partial charge in [-0.15, -0.1) is 0 Å². The zero-order valence-electron chi connectivity index (χ0n) is 9.25. The number of benzene rings is 1. The summed E-state index contributed by atoms with van der Waals surface area (Å²) < 4.78 is 16.0. The predicted octanol–water partition coefficient (Wildman–Crippen LogP) is 1.97. The number of rotatable bonds is 3. The Bertz CT molecular complexity index is 403. The first-order valence-corrected chi connectivity index (χ1v) is 5.41. The third-order valence-electron chi connectivity index (χ3n) is 2.39. The SMILES string of the molecule is COc1c(Cl)cc2c(c1CC(C)N)OCO2. The first-order valence-electron chi connectivity index (χ1n) is 5.04. The molecule has 1 aromatic rings. The zero-order chi connectivity index (χ0) is 11.7. The molecule has 0 aliphatic carbocycles. The summed E-state index contributed by atoms with van der Waals surface area (Å²) in [6.07, 6.45) is 0.634. The van der Waals surface area contributed by atoms with Crippen molar-refractivity contribution in [3.8, 4) is 17.2 Å². The second-order valence-electron chi connectivity index (χ2n) is 3.79. The standard InChI is InChI=1S/C11H14ClNO3/c1-6(13)3-7-10(14-2)8(12)4-9-11(7)16-5-15-9/h4,6H,3,5,13H2,1-2H3. The Balaban J connectivity index is 2.52. The minimum atomic E-state index is 0.000617. The molecule has 0 fully saturated rings. The Morgan fingerprint density at radius 3 is 2.94 bits per heavy atom. The molecule has 2 N–H and O–H groups in total. The second kappa shape index (κ2) is 4.39. The molecule has 0 saturated heterocycles. The number of methoxy groups -OCH3 is 1. The van der Waals surface area contributed by atoms with Crippen LogP contribution in [0.5, 0.6) is 17.2 Å². The maximum atomic E-state index is 6.10. The molecule has 88 valence electrons. The summed E-state index contributed by atoms with van der Waals surface area (Å²) in [5.74, 6) is 1.96. The molecule has 1 aliphatic heterocycles. The number of halogens is 1. The normalized spacial score (nSPS) is 15.0. The van der Waals surface area contributed by atoms with Gasteiger partial charge in [-0.25, -0.2) is 0 Å². The molecule has 0 amide bonds. The molecular formula is C11H14ClNO3. The van der Waals surface area contributed by atoms with Gasteiger partial charge >= 0.3 is 0 Å². The minimum Gasteiger partial charge on any atom is -0.495 e. The fourth-order valence-electron chi connectivity index (χ4n) is 1.79. The van der Waals surface area contributed by atoms with Crippen molar-refractivity contribution in [2.45, 2.75) is 19.4 Å². The van der Waals surface area contributed by atoms with Gasteiger partial charge in [-0.3, -0.25) is 0 Å². The van der Waals surface area contributed by atoms with Crippen LogP contribution in [0.1, 0.15) is 12.5 Å². The first kappa shape index (κ1) is 11.4. The summed E-state index contributed by atoms with van der Waals surface area (Å²) >= 11 is 6.10. The molecule has 0 spiro atoms. The molecule has 5 heteroatoms. The lowest BCUT2D eigenvalue weighted by atomic mass is 10.0. The Morgan fingerprint density at radius 1 is 1.56 bits per heavy atom. The van der Waals surface area contributed by atoms with E-state index in [9.17, 15) is 0 Å². The van der Waals surface area contributed by atoms with Crippen LogP contribution in [0.4, 0.5) is 0 Å². The molecule has 0 radical (unpaired) electrons. The molecule has 1 atom stereocenters. The molecule has 16 heavy (non-hydrogen) atoms. The maximum absolute atomic E-state index is 6.10. The molecule has 1 unspecified atom stereocenters. The fourth-order valence-corrected chi connectivity index (χ4v) is 2.08. The van der Waals surface area contributed by atoms with E-state index in [1.54, 1.807) is 13.2 Å². The molecule has 0 bridgehead atoms. The molecule has 1 heterocycles. The summed E-state index contributed by atoms with van der Waals surface area (Å²) in [5.41, 5.74) is 6.67. The van der Waals surface area contributed by atoms with E-state index < -0.39 is 0 Å². The van der Waals surface area contributed by atoms with Gasteiger partial charge in [-0.1, -0.05) is 11.6 Å². The van der Waals surface area contributed by atoms with E-state index in [0.29, 0.717) is 28.7 Å². The van der Waals surface area contributed by atoms with Crippen molar-refractivity contribution in [3.63, 3.8) is 0 Å². The Kier molecular flexibility index (Phi) is 3.12. The van der Waals surface area contributed by atoms with Crippen molar-refractivity contribution in [2.24, 2.45) is 5.73 Å². The monoisotopic (exact) mass is 243 g/mol. The van der Waals surface area contributed by atoms with Crippen LogP contribution in [0.25, 0.3) is 0 Å². The molecule has 0 saturated carbocycles. The average molecular weight is 244 g/mol. The number of ether oxygens (including phenoxy) is 3. The van der Waals surface area contributed by atoms with Crippen LogP contribution in [-0.4, -0.2) is 19.9 Å². The lowest BCUT2D eigenvalue weighted by molar-refractivity contribution is 0.173. The molecule has 1 aliphatic rings. The van der Waals surface area contributed by atoms with Gasteiger partial charge in [0.05, 0.1) is 12.1 Å². The summed E-state index contributed by atoms with van der Waals surface area (Å²) in [4.78, 5) is 0. The van der Waals surface area contributed by atoms with Crippen molar-refractivity contribution in [3.05, 3.63) is 16.7 Å². The Morgan fingerprint density at radius 2 is 2.31 bits per heavy atom. The van der Waals surface area contributed by atoms with Crippen LogP contribution in [0, 0.1) is 0 Å².